The van der Waals surface area contributed by atoms with Gasteiger partial charge in [-0.25, -0.2) is 18.3 Å². The largest absolute Gasteiger partial charge is 0.354 e. The Balaban J connectivity index is 0.699. The van der Waals surface area contributed by atoms with Crippen LogP contribution in [-0.4, -0.2) is 127 Å². The first-order chi connectivity index (χ1) is 30.1. The Kier molecular flexibility index (Phi) is 10.9. The fourth-order valence-corrected chi connectivity index (χ4v) is 9.98. The van der Waals surface area contributed by atoms with Crippen LogP contribution in [0.25, 0.3) is 16.6 Å². The maximum Gasteiger partial charge on any atom is 0.284 e. The average Bonchev–Trinajstić information content (AvgIpc) is 4.07. The summed E-state index contributed by atoms with van der Waals surface area (Å²) in [6.45, 7) is 5.90. The normalized spacial score (nSPS) is 24.9. The van der Waals surface area contributed by atoms with E-state index in [0.717, 1.165) is 90.2 Å². The monoisotopic (exact) mass is 853 g/mol. The lowest BCUT2D eigenvalue weighted by molar-refractivity contribution is -0.134. The summed E-state index contributed by atoms with van der Waals surface area (Å²) in [4.78, 5) is 62.4. The third-order valence-corrected chi connectivity index (χ3v) is 13.3. The second kappa shape index (κ2) is 16.8. The van der Waals surface area contributed by atoms with Crippen molar-refractivity contribution in [2.45, 2.75) is 81.8 Å². The maximum atomic E-state index is 14.3. The number of carbonyl (C=O) groups is 4. The molecule has 3 atom stereocenters. The zero-order valence-electron chi connectivity index (χ0n) is 34.1. The molecule has 4 aromatic heterocycles. The van der Waals surface area contributed by atoms with Crippen LogP contribution in [0.4, 0.5) is 26.0 Å². The molecule has 1 saturated carbocycles. The van der Waals surface area contributed by atoms with Crippen LogP contribution in [0, 0.1) is 5.92 Å². The second-order valence-corrected chi connectivity index (χ2v) is 17.4. The first-order valence-corrected chi connectivity index (χ1v) is 21.6. The summed E-state index contributed by atoms with van der Waals surface area (Å²) in [7, 11) is 0. The molecule has 1 aliphatic carbocycles. The van der Waals surface area contributed by atoms with Crippen molar-refractivity contribution in [2.24, 2.45) is 5.92 Å². The molecule has 18 nitrogen and oxygen atoms in total. The van der Waals surface area contributed by atoms with Gasteiger partial charge in [-0.2, -0.15) is 10.2 Å². The van der Waals surface area contributed by atoms with Crippen LogP contribution in [0.1, 0.15) is 91.5 Å². The topological polar surface area (TPSA) is 200 Å². The van der Waals surface area contributed by atoms with Gasteiger partial charge in [0, 0.05) is 82.1 Å². The molecule has 8 heterocycles. The van der Waals surface area contributed by atoms with Crippen molar-refractivity contribution < 1.29 is 32.5 Å². The van der Waals surface area contributed by atoms with E-state index in [9.17, 15) is 28.0 Å². The Morgan fingerprint density at radius 2 is 1.69 bits per heavy atom. The quantitative estimate of drug-likeness (QED) is 0.140. The summed E-state index contributed by atoms with van der Waals surface area (Å²) in [5.41, 5.74) is 1.41. The molecule has 5 aliphatic rings. The second-order valence-electron chi connectivity index (χ2n) is 17.4. The summed E-state index contributed by atoms with van der Waals surface area (Å²) in [6.07, 6.45) is 8.08. The Labute approximate surface area is 354 Å². The van der Waals surface area contributed by atoms with Gasteiger partial charge in [0.25, 0.3) is 12.3 Å². The minimum Gasteiger partial charge on any atom is -0.354 e. The van der Waals surface area contributed by atoms with E-state index in [-0.39, 0.29) is 42.1 Å². The molecule has 2 unspecified atom stereocenters. The number of amides is 4. The van der Waals surface area contributed by atoms with Crippen molar-refractivity contribution in [1.82, 2.24) is 50.0 Å². The van der Waals surface area contributed by atoms with E-state index in [4.69, 9.17) is 9.51 Å². The van der Waals surface area contributed by atoms with Gasteiger partial charge in [-0.3, -0.25) is 34.1 Å². The molecule has 4 saturated heterocycles. The van der Waals surface area contributed by atoms with Gasteiger partial charge < -0.3 is 30.3 Å². The van der Waals surface area contributed by atoms with E-state index >= 15 is 0 Å². The van der Waals surface area contributed by atoms with Crippen LogP contribution in [0.3, 0.4) is 0 Å². The number of fused-ring (bicyclic) bond motifs is 4. The van der Waals surface area contributed by atoms with Gasteiger partial charge in [0.05, 0.1) is 36.1 Å². The van der Waals surface area contributed by atoms with Gasteiger partial charge in [0.1, 0.15) is 17.1 Å². The minimum atomic E-state index is -2.87. The number of carbonyl (C=O) groups excluding carboxylic acids is 4. The Morgan fingerprint density at radius 1 is 0.919 bits per heavy atom. The molecule has 4 amide bonds. The highest BCUT2D eigenvalue weighted by Crippen LogP contribution is 2.37. The molecule has 62 heavy (non-hydrogen) atoms. The number of benzene rings is 1. The molecule has 10 rings (SSSR count). The highest BCUT2D eigenvalue weighted by molar-refractivity contribution is 6.08. The molecule has 0 radical (unpaired) electrons. The standard InChI is InChI=1S/C42H49F2N13O5/c43-39(44)37-32(48-42(61)30-18-45-56-13-12-33(49-40(30)56)55-20-25-6-7-26(21-55)46-25)22-57(51-37)27-8-4-24(5-9-27)19-53-14-16-54(17-15-53)23-35(59)47-31-3-1-2-28-36(52-62-38(28)31)29-10-11-34(58)50-41(29)60/h1-3,12-13,18,22,24-27,29,39,46H,4-11,14-17,19-21,23H2,(H,47,59)(H,48,61)(H,50,58,60)/t24?,25?,26?,27?,29-/m0/s1. The Hall–Kier alpha value is -5.86. The zero-order valence-corrected chi connectivity index (χ0v) is 34.1. The predicted octanol–water partition coefficient (Wildman–Crippen LogP) is 3.71. The number of para-hydroxylation sites is 1. The summed E-state index contributed by atoms with van der Waals surface area (Å²) >= 11 is 0. The third-order valence-electron chi connectivity index (χ3n) is 13.3. The highest BCUT2D eigenvalue weighted by Gasteiger charge is 2.35. The van der Waals surface area contributed by atoms with Gasteiger partial charge in [-0.05, 0) is 69.1 Å². The molecular weight excluding hydrogens is 805 g/mol. The van der Waals surface area contributed by atoms with Crippen LogP contribution in [0.15, 0.2) is 47.4 Å². The number of halogens is 2. The molecule has 4 N–H and O–H groups in total. The maximum absolute atomic E-state index is 14.3. The van der Waals surface area contributed by atoms with Crippen molar-refractivity contribution in [2.75, 3.05) is 67.9 Å². The number of nitrogens with one attached hydrogen (secondary N) is 4. The van der Waals surface area contributed by atoms with Crippen LogP contribution >= 0.6 is 0 Å². The van der Waals surface area contributed by atoms with Crippen LogP contribution < -0.4 is 26.2 Å². The SMILES string of the molecule is O=C1CC[C@@H](c2noc3c(NC(=O)CN4CCN(CC5CCC(n6cc(NC(=O)c7cnn8ccc(N9CC%10CCC(C9)N%10)nc78)c(C(F)F)n6)CC5)CC4)cccc23)C(=O)N1. The van der Waals surface area contributed by atoms with Gasteiger partial charge in [-0.1, -0.05) is 11.2 Å². The number of hydrogen-bond donors (Lipinski definition) is 4. The van der Waals surface area contributed by atoms with Gasteiger partial charge in [0.2, 0.25) is 17.7 Å². The van der Waals surface area contributed by atoms with Crippen molar-refractivity contribution >= 4 is 57.4 Å². The molecule has 0 spiro atoms. The Morgan fingerprint density at radius 3 is 2.45 bits per heavy atom. The average molecular weight is 854 g/mol. The molecule has 2 bridgehead atoms. The summed E-state index contributed by atoms with van der Waals surface area (Å²) in [5, 5.41) is 25.0. The third kappa shape index (κ3) is 8.13. The highest BCUT2D eigenvalue weighted by atomic mass is 19.3. The minimum absolute atomic E-state index is 0.0122. The first kappa shape index (κ1) is 40.2. The first-order valence-electron chi connectivity index (χ1n) is 21.6. The predicted molar refractivity (Wildman–Crippen MR) is 222 cm³/mol. The fraction of sp³-hybridized carbons (Fsp3) is 0.524. The lowest BCUT2D eigenvalue weighted by Gasteiger charge is -2.38. The van der Waals surface area contributed by atoms with E-state index < -0.39 is 29.9 Å². The zero-order chi connectivity index (χ0) is 42.5. The number of aromatic nitrogens is 6. The number of alkyl halides is 2. The van der Waals surface area contributed by atoms with Crippen molar-refractivity contribution in [3.8, 4) is 0 Å². The number of imide groups is 1. The van der Waals surface area contributed by atoms with E-state index in [0.29, 0.717) is 52.4 Å². The van der Waals surface area contributed by atoms with Gasteiger partial charge in [0.15, 0.2) is 16.9 Å². The van der Waals surface area contributed by atoms with Crippen molar-refractivity contribution in [3.63, 3.8) is 0 Å². The molecule has 20 heteroatoms. The van der Waals surface area contributed by atoms with Crippen LogP contribution in [0.2, 0.25) is 0 Å². The lowest BCUT2D eigenvalue weighted by atomic mass is 9.85. The number of piperidine rings is 1. The molecule has 5 aromatic rings. The van der Waals surface area contributed by atoms with E-state index in [1.54, 1.807) is 29.1 Å². The molecule has 326 valence electrons. The summed E-state index contributed by atoms with van der Waals surface area (Å²) in [6, 6.07) is 7.96. The molecular formula is C42H49F2N13O5. The number of nitrogens with zero attached hydrogens (tertiary/aromatic N) is 9. The fourth-order valence-electron chi connectivity index (χ4n) is 9.98. The van der Waals surface area contributed by atoms with Crippen LogP contribution in [0.5, 0.6) is 0 Å². The summed E-state index contributed by atoms with van der Waals surface area (Å²) < 4.78 is 37.3. The summed E-state index contributed by atoms with van der Waals surface area (Å²) in [5.74, 6) is -0.849. The van der Waals surface area contributed by atoms with Gasteiger partial charge in [-0.15, -0.1) is 0 Å². The van der Waals surface area contributed by atoms with Gasteiger partial charge >= 0.3 is 0 Å². The number of anilines is 3. The molecule has 4 aliphatic heterocycles. The lowest BCUT2D eigenvalue weighted by Crippen LogP contribution is -2.51. The Bertz CT molecular complexity index is 2490. The van der Waals surface area contributed by atoms with Crippen molar-refractivity contribution in [3.05, 3.63) is 59.8 Å². The molecule has 5 fully saturated rings. The number of rotatable bonds is 11. The van der Waals surface area contributed by atoms with E-state index in [1.807, 2.05) is 6.07 Å². The van der Waals surface area contributed by atoms with Crippen LogP contribution in [-0.2, 0) is 14.4 Å². The smallest absolute Gasteiger partial charge is 0.284 e. The van der Waals surface area contributed by atoms with Crippen molar-refractivity contribution in [1.29, 1.82) is 0 Å². The number of hydrogen-bond acceptors (Lipinski definition) is 13. The number of piperazine rings is 2. The molecule has 1 aromatic carbocycles. The van der Waals surface area contributed by atoms with E-state index in [1.165, 1.54) is 16.9 Å². The van der Waals surface area contributed by atoms with E-state index in [2.05, 4.69) is 51.3 Å².